The van der Waals surface area contributed by atoms with E-state index in [0.29, 0.717) is 0 Å². The normalized spacial score (nSPS) is 26.5. The maximum atomic E-state index is 5.88. The van der Waals surface area contributed by atoms with Crippen molar-refractivity contribution in [3.8, 4) is 0 Å². The van der Waals surface area contributed by atoms with Crippen molar-refractivity contribution in [3.63, 3.8) is 0 Å². The highest BCUT2D eigenvalue weighted by Crippen LogP contribution is 2.16. The van der Waals surface area contributed by atoms with Crippen LogP contribution in [0.5, 0.6) is 0 Å². The second-order valence-electron chi connectivity index (χ2n) is 4.17. The van der Waals surface area contributed by atoms with Crippen molar-refractivity contribution >= 4 is 8.32 Å². The SMILES string of the molecule is C[Si]1(C)CCCCCNCCO1. The molecule has 1 N–H and O–H groups in total. The number of rotatable bonds is 0. The van der Waals surface area contributed by atoms with Gasteiger partial charge >= 0.3 is 0 Å². The Bertz CT molecular complexity index is 116. The van der Waals surface area contributed by atoms with Gasteiger partial charge in [0.05, 0.1) is 0 Å². The Labute approximate surface area is 76.8 Å². The van der Waals surface area contributed by atoms with Crippen LogP contribution in [0.25, 0.3) is 0 Å². The summed E-state index contributed by atoms with van der Waals surface area (Å²) in [5, 5.41) is 3.39. The minimum atomic E-state index is -1.27. The van der Waals surface area contributed by atoms with Crippen molar-refractivity contribution in [3.05, 3.63) is 0 Å². The third kappa shape index (κ3) is 4.23. The number of nitrogens with one attached hydrogen (secondary N) is 1. The molecule has 1 fully saturated rings. The molecule has 0 atom stereocenters. The molecular formula is C9H21NOSi. The van der Waals surface area contributed by atoms with Crippen LogP contribution in [0.3, 0.4) is 0 Å². The van der Waals surface area contributed by atoms with Crippen LogP contribution in [0.2, 0.25) is 19.1 Å². The van der Waals surface area contributed by atoms with E-state index in [1.54, 1.807) is 0 Å². The molecule has 0 unspecified atom stereocenters. The van der Waals surface area contributed by atoms with Gasteiger partial charge in [0.1, 0.15) is 0 Å². The van der Waals surface area contributed by atoms with Crippen LogP contribution in [-0.2, 0) is 4.43 Å². The molecule has 1 saturated heterocycles. The molecule has 0 amide bonds. The van der Waals surface area contributed by atoms with Gasteiger partial charge in [-0.05, 0) is 32.1 Å². The molecule has 12 heavy (non-hydrogen) atoms. The highest BCUT2D eigenvalue weighted by Gasteiger charge is 2.21. The van der Waals surface area contributed by atoms with Gasteiger partial charge in [-0.15, -0.1) is 0 Å². The quantitative estimate of drug-likeness (QED) is 0.586. The van der Waals surface area contributed by atoms with Gasteiger partial charge in [-0.25, -0.2) is 0 Å². The maximum Gasteiger partial charge on any atom is 0.186 e. The van der Waals surface area contributed by atoms with E-state index in [-0.39, 0.29) is 0 Å². The fourth-order valence-corrected chi connectivity index (χ4v) is 3.47. The fraction of sp³-hybridized carbons (Fsp3) is 1.00. The van der Waals surface area contributed by atoms with Gasteiger partial charge in [0, 0.05) is 13.2 Å². The van der Waals surface area contributed by atoms with E-state index in [0.717, 1.165) is 13.2 Å². The van der Waals surface area contributed by atoms with E-state index in [1.165, 1.54) is 31.9 Å². The molecule has 1 aliphatic heterocycles. The highest BCUT2D eigenvalue weighted by atomic mass is 28.4. The summed E-state index contributed by atoms with van der Waals surface area (Å²) in [5.74, 6) is 0. The lowest BCUT2D eigenvalue weighted by molar-refractivity contribution is 0.298. The molecule has 0 aliphatic carbocycles. The smallest absolute Gasteiger partial charge is 0.186 e. The summed E-state index contributed by atoms with van der Waals surface area (Å²) in [6.07, 6.45) is 4.07. The Morgan fingerprint density at radius 1 is 1.08 bits per heavy atom. The summed E-state index contributed by atoms with van der Waals surface area (Å²) >= 11 is 0. The van der Waals surface area contributed by atoms with Gasteiger partial charge in [0.25, 0.3) is 0 Å². The molecule has 0 saturated carbocycles. The summed E-state index contributed by atoms with van der Waals surface area (Å²) in [5.41, 5.74) is 0. The van der Waals surface area contributed by atoms with Gasteiger partial charge in [-0.3, -0.25) is 0 Å². The van der Waals surface area contributed by atoms with Crippen LogP contribution < -0.4 is 5.32 Å². The molecule has 72 valence electrons. The summed E-state index contributed by atoms with van der Waals surface area (Å²) in [7, 11) is -1.27. The average molecular weight is 187 g/mol. The first-order valence-electron chi connectivity index (χ1n) is 5.05. The average Bonchev–Trinajstić information content (AvgIpc) is 2.02. The van der Waals surface area contributed by atoms with Crippen molar-refractivity contribution in [2.24, 2.45) is 0 Å². The lowest BCUT2D eigenvalue weighted by Gasteiger charge is -2.24. The van der Waals surface area contributed by atoms with Gasteiger partial charge in [0.2, 0.25) is 0 Å². The fourth-order valence-electron chi connectivity index (χ4n) is 1.57. The monoisotopic (exact) mass is 187 g/mol. The molecule has 3 heteroatoms. The summed E-state index contributed by atoms with van der Waals surface area (Å²) in [6, 6.07) is 1.34. The minimum Gasteiger partial charge on any atom is -0.416 e. The zero-order chi connectivity index (χ0) is 8.86. The topological polar surface area (TPSA) is 21.3 Å². The van der Waals surface area contributed by atoms with Crippen molar-refractivity contribution in [1.29, 1.82) is 0 Å². The molecule has 1 aliphatic rings. The minimum absolute atomic E-state index is 0.916. The predicted octanol–water partition coefficient (Wildman–Crippen LogP) is 1.98. The van der Waals surface area contributed by atoms with E-state index in [9.17, 15) is 0 Å². The molecule has 0 radical (unpaired) electrons. The molecular weight excluding hydrogens is 166 g/mol. The van der Waals surface area contributed by atoms with Crippen LogP contribution in [0.15, 0.2) is 0 Å². The zero-order valence-electron chi connectivity index (χ0n) is 8.36. The van der Waals surface area contributed by atoms with E-state index >= 15 is 0 Å². The van der Waals surface area contributed by atoms with Gasteiger partial charge in [-0.2, -0.15) is 0 Å². The molecule has 1 rings (SSSR count). The van der Waals surface area contributed by atoms with Crippen molar-refractivity contribution in [2.45, 2.75) is 38.4 Å². The van der Waals surface area contributed by atoms with Crippen molar-refractivity contribution in [1.82, 2.24) is 5.32 Å². The lowest BCUT2D eigenvalue weighted by Crippen LogP contribution is -2.34. The summed E-state index contributed by atoms with van der Waals surface area (Å²) in [6.45, 7) is 7.78. The first kappa shape index (κ1) is 10.2. The molecule has 1 heterocycles. The van der Waals surface area contributed by atoms with Crippen molar-refractivity contribution < 1.29 is 4.43 Å². The van der Waals surface area contributed by atoms with Crippen LogP contribution in [0.1, 0.15) is 19.3 Å². The van der Waals surface area contributed by atoms with Crippen LogP contribution >= 0.6 is 0 Å². The Kier molecular flexibility index (Phi) is 4.25. The maximum absolute atomic E-state index is 5.88. The van der Waals surface area contributed by atoms with Crippen molar-refractivity contribution in [2.75, 3.05) is 19.7 Å². The summed E-state index contributed by atoms with van der Waals surface area (Å²) in [4.78, 5) is 0. The third-order valence-electron chi connectivity index (χ3n) is 2.40. The Hall–Kier alpha value is 0.137. The van der Waals surface area contributed by atoms with Gasteiger partial charge < -0.3 is 9.74 Å². The Morgan fingerprint density at radius 2 is 1.92 bits per heavy atom. The third-order valence-corrected chi connectivity index (χ3v) is 4.95. The number of hydrogen-bond acceptors (Lipinski definition) is 2. The Morgan fingerprint density at radius 3 is 2.75 bits per heavy atom. The first-order valence-corrected chi connectivity index (χ1v) is 8.17. The largest absolute Gasteiger partial charge is 0.416 e. The summed E-state index contributed by atoms with van der Waals surface area (Å²) < 4.78 is 5.88. The van der Waals surface area contributed by atoms with Gasteiger partial charge in [-0.1, -0.05) is 12.8 Å². The van der Waals surface area contributed by atoms with Crippen LogP contribution in [0, 0.1) is 0 Å². The molecule has 0 bridgehead atoms. The molecule has 0 spiro atoms. The molecule has 0 aromatic carbocycles. The highest BCUT2D eigenvalue weighted by molar-refractivity contribution is 6.71. The van der Waals surface area contributed by atoms with E-state index in [1.807, 2.05) is 0 Å². The zero-order valence-corrected chi connectivity index (χ0v) is 9.36. The molecule has 0 aromatic rings. The predicted molar refractivity (Wildman–Crippen MR) is 55.0 cm³/mol. The van der Waals surface area contributed by atoms with E-state index in [2.05, 4.69) is 18.4 Å². The number of hydrogen-bond donors (Lipinski definition) is 1. The van der Waals surface area contributed by atoms with E-state index < -0.39 is 8.32 Å². The molecule has 2 nitrogen and oxygen atoms in total. The lowest BCUT2D eigenvalue weighted by atomic mass is 10.2. The molecule has 0 aromatic heterocycles. The van der Waals surface area contributed by atoms with E-state index in [4.69, 9.17) is 4.43 Å². The van der Waals surface area contributed by atoms with Crippen LogP contribution in [-0.4, -0.2) is 28.0 Å². The van der Waals surface area contributed by atoms with Crippen LogP contribution in [0.4, 0.5) is 0 Å². The first-order chi connectivity index (χ1) is 5.71. The standard InChI is InChI=1S/C9H21NOSi/c1-12(2)9-5-3-4-6-10-7-8-11-12/h10H,3-9H2,1-2H3. The second kappa shape index (κ2) is 4.99. The van der Waals surface area contributed by atoms with Gasteiger partial charge in [0.15, 0.2) is 8.32 Å². The Balaban J connectivity index is 2.27. The second-order valence-corrected chi connectivity index (χ2v) is 8.48.